The number of ether oxygens (including phenoxy) is 2. The molecule has 0 saturated carbocycles. The van der Waals surface area contributed by atoms with Gasteiger partial charge in [0.2, 0.25) is 0 Å². The Balaban J connectivity index is 1.41. The number of amides is 1. The van der Waals surface area contributed by atoms with E-state index in [1.54, 1.807) is 17.0 Å². The molecule has 7 nitrogen and oxygen atoms in total. The molecule has 196 valence electrons. The standard InChI is InChI=1S/C29H21IN2O5S2/c1-2-36-25-15-19(14-23(30)27(25)37-17-18-10-12-21(13-11-18)32(34)35)16-26-28(33)31(29(38)39-26)24-9-5-7-20-6-3-4-8-22(20)24/h3-16H,2,17H2,1H3/b26-16-. The highest BCUT2D eigenvalue weighted by Crippen LogP contribution is 2.41. The Morgan fingerprint density at radius 3 is 2.54 bits per heavy atom. The van der Waals surface area contributed by atoms with Gasteiger partial charge in [0.05, 0.1) is 25.7 Å². The van der Waals surface area contributed by atoms with E-state index in [1.807, 2.05) is 67.6 Å². The van der Waals surface area contributed by atoms with Gasteiger partial charge in [-0.05, 0) is 82.4 Å². The number of nitro groups is 1. The van der Waals surface area contributed by atoms with Gasteiger partial charge in [-0.1, -0.05) is 60.4 Å². The number of hydrogen-bond acceptors (Lipinski definition) is 7. The van der Waals surface area contributed by atoms with Gasteiger partial charge in [0.15, 0.2) is 15.8 Å². The molecule has 0 aromatic heterocycles. The lowest BCUT2D eigenvalue weighted by Crippen LogP contribution is -2.27. The molecule has 5 rings (SSSR count). The summed E-state index contributed by atoms with van der Waals surface area (Å²) in [5, 5.41) is 12.9. The van der Waals surface area contributed by atoms with Crippen LogP contribution in [0.2, 0.25) is 0 Å². The number of benzene rings is 4. The van der Waals surface area contributed by atoms with Crippen molar-refractivity contribution in [1.82, 2.24) is 0 Å². The number of halogens is 1. The number of non-ortho nitro benzene ring substituents is 1. The van der Waals surface area contributed by atoms with E-state index in [0.717, 1.165) is 31.2 Å². The van der Waals surface area contributed by atoms with Crippen LogP contribution in [0.3, 0.4) is 0 Å². The smallest absolute Gasteiger partial charge is 0.270 e. The van der Waals surface area contributed by atoms with Crippen molar-refractivity contribution in [2.45, 2.75) is 13.5 Å². The van der Waals surface area contributed by atoms with Crippen LogP contribution in [0.4, 0.5) is 11.4 Å². The SMILES string of the molecule is CCOc1cc(/C=C2\SC(=S)N(c3cccc4ccccc34)C2=O)cc(I)c1OCc1ccc([N+](=O)[O-])cc1. The van der Waals surface area contributed by atoms with Crippen LogP contribution in [0.25, 0.3) is 16.8 Å². The van der Waals surface area contributed by atoms with Gasteiger partial charge < -0.3 is 9.47 Å². The molecule has 0 N–H and O–H groups in total. The van der Waals surface area contributed by atoms with E-state index in [1.165, 1.54) is 23.9 Å². The minimum atomic E-state index is -0.435. The molecule has 0 radical (unpaired) electrons. The van der Waals surface area contributed by atoms with E-state index in [4.69, 9.17) is 21.7 Å². The molecule has 0 spiro atoms. The minimum absolute atomic E-state index is 0.0264. The zero-order valence-electron chi connectivity index (χ0n) is 20.6. The molecule has 1 heterocycles. The van der Waals surface area contributed by atoms with Crippen molar-refractivity contribution in [2.24, 2.45) is 0 Å². The average molecular weight is 669 g/mol. The van der Waals surface area contributed by atoms with Gasteiger partial charge in [0, 0.05) is 17.5 Å². The quantitative estimate of drug-likeness (QED) is 0.0625. The van der Waals surface area contributed by atoms with Crippen molar-refractivity contribution in [3.05, 3.63) is 109 Å². The van der Waals surface area contributed by atoms with Gasteiger partial charge in [0.1, 0.15) is 6.61 Å². The first-order chi connectivity index (χ1) is 18.9. The van der Waals surface area contributed by atoms with Gasteiger partial charge in [-0.25, -0.2) is 0 Å². The van der Waals surface area contributed by atoms with Crippen LogP contribution in [0, 0.1) is 13.7 Å². The third-order valence-electron chi connectivity index (χ3n) is 5.96. The fourth-order valence-electron chi connectivity index (χ4n) is 4.17. The van der Waals surface area contributed by atoms with Crippen molar-refractivity contribution < 1.29 is 19.2 Å². The molecule has 39 heavy (non-hydrogen) atoms. The van der Waals surface area contributed by atoms with Gasteiger partial charge in [-0.3, -0.25) is 19.8 Å². The third kappa shape index (κ3) is 5.77. The molecule has 1 fully saturated rings. The number of hydrogen-bond donors (Lipinski definition) is 0. The molecular weight excluding hydrogens is 647 g/mol. The number of nitrogens with zero attached hydrogens (tertiary/aromatic N) is 2. The Labute approximate surface area is 248 Å². The predicted molar refractivity (Wildman–Crippen MR) is 167 cm³/mol. The summed E-state index contributed by atoms with van der Waals surface area (Å²) in [4.78, 5) is 26.1. The molecule has 1 amide bonds. The Morgan fingerprint density at radius 2 is 1.79 bits per heavy atom. The summed E-state index contributed by atoms with van der Waals surface area (Å²) >= 11 is 9.06. The molecule has 0 aliphatic carbocycles. The third-order valence-corrected chi connectivity index (χ3v) is 8.06. The fraction of sp³-hybridized carbons (Fsp3) is 0.103. The maximum Gasteiger partial charge on any atom is 0.270 e. The van der Waals surface area contributed by atoms with E-state index in [2.05, 4.69) is 22.6 Å². The summed E-state index contributed by atoms with van der Waals surface area (Å²) in [6.45, 7) is 2.53. The highest BCUT2D eigenvalue weighted by molar-refractivity contribution is 14.1. The van der Waals surface area contributed by atoms with E-state index in [0.29, 0.717) is 27.3 Å². The molecule has 4 aromatic rings. The first kappa shape index (κ1) is 27.1. The number of carbonyl (C=O) groups excluding carboxylic acids is 1. The number of anilines is 1. The van der Waals surface area contributed by atoms with E-state index in [9.17, 15) is 14.9 Å². The lowest BCUT2D eigenvalue weighted by Gasteiger charge is -2.17. The van der Waals surface area contributed by atoms with Crippen molar-refractivity contribution in [3.63, 3.8) is 0 Å². The first-order valence-corrected chi connectivity index (χ1v) is 14.2. The summed E-state index contributed by atoms with van der Waals surface area (Å²) < 4.78 is 13.2. The largest absolute Gasteiger partial charge is 0.490 e. The Hall–Kier alpha value is -3.48. The maximum absolute atomic E-state index is 13.5. The second-order valence-corrected chi connectivity index (χ2v) is 11.3. The normalized spacial score (nSPS) is 14.3. The summed E-state index contributed by atoms with van der Waals surface area (Å²) in [6, 6.07) is 23.7. The predicted octanol–water partition coefficient (Wildman–Crippen LogP) is 7.74. The second kappa shape index (κ2) is 11.7. The van der Waals surface area contributed by atoms with Crippen LogP contribution in [0.5, 0.6) is 11.5 Å². The van der Waals surface area contributed by atoms with Crippen LogP contribution in [0.1, 0.15) is 18.1 Å². The Kier molecular flexibility index (Phi) is 8.15. The molecule has 4 aromatic carbocycles. The van der Waals surface area contributed by atoms with Gasteiger partial charge >= 0.3 is 0 Å². The van der Waals surface area contributed by atoms with Crippen molar-refractivity contribution in [3.8, 4) is 11.5 Å². The summed E-state index contributed by atoms with van der Waals surface area (Å²) in [7, 11) is 0. The molecular formula is C29H21IN2O5S2. The number of nitro benzene ring substituents is 1. The zero-order valence-corrected chi connectivity index (χ0v) is 24.4. The minimum Gasteiger partial charge on any atom is -0.490 e. The topological polar surface area (TPSA) is 81.9 Å². The van der Waals surface area contributed by atoms with E-state index >= 15 is 0 Å². The molecule has 1 aliphatic heterocycles. The number of fused-ring (bicyclic) bond motifs is 1. The summed E-state index contributed by atoms with van der Waals surface area (Å²) in [5.41, 5.74) is 2.36. The molecule has 1 saturated heterocycles. The first-order valence-electron chi connectivity index (χ1n) is 11.9. The molecule has 1 aliphatic rings. The van der Waals surface area contributed by atoms with Crippen LogP contribution in [0.15, 0.2) is 83.8 Å². The maximum atomic E-state index is 13.5. The van der Waals surface area contributed by atoms with Gasteiger partial charge in [-0.15, -0.1) is 0 Å². The molecule has 0 atom stereocenters. The Bertz CT molecular complexity index is 1630. The monoisotopic (exact) mass is 668 g/mol. The number of thiocarbonyl (C=S) groups is 1. The van der Waals surface area contributed by atoms with Gasteiger partial charge in [-0.2, -0.15) is 0 Å². The highest BCUT2D eigenvalue weighted by atomic mass is 127. The van der Waals surface area contributed by atoms with Crippen LogP contribution in [-0.2, 0) is 11.4 Å². The second-order valence-electron chi connectivity index (χ2n) is 8.49. The van der Waals surface area contributed by atoms with E-state index < -0.39 is 4.92 Å². The average Bonchev–Trinajstić information content (AvgIpc) is 3.20. The van der Waals surface area contributed by atoms with Crippen molar-refractivity contribution >= 4 is 85.0 Å². The molecule has 0 bridgehead atoms. The number of carbonyl (C=O) groups is 1. The van der Waals surface area contributed by atoms with Crippen LogP contribution < -0.4 is 14.4 Å². The highest BCUT2D eigenvalue weighted by Gasteiger charge is 2.34. The summed E-state index contributed by atoms with van der Waals surface area (Å²) in [6.07, 6.45) is 1.81. The Morgan fingerprint density at radius 1 is 1.05 bits per heavy atom. The van der Waals surface area contributed by atoms with Crippen LogP contribution >= 0.6 is 46.6 Å². The zero-order chi connectivity index (χ0) is 27.5. The van der Waals surface area contributed by atoms with Crippen molar-refractivity contribution in [1.29, 1.82) is 0 Å². The lowest BCUT2D eigenvalue weighted by molar-refractivity contribution is -0.384. The lowest BCUT2D eigenvalue weighted by atomic mass is 10.1. The van der Waals surface area contributed by atoms with E-state index in [-0.39, 0.29) is 18.2 Å². The molecule has 0 unspecified atom stereocenters. The summed E-state index contributed by atoms with van der Waals surface area (Å²) in [5.74, 6) is 0.936. The number of rotatable bonds is 8. The van der Waals surface area contributed by atoms with Gasteiger partial charge in [0.25, 0.3) is 11.6 Å². The van der Waals surface area contributed by atoms with Crippen LogP contribution in [-0.4, -0.2) is 21.8 Å². The molecule has 10 heteroatoms. The fourth-order valence-corrected chi connectivity index (χ4v) is 6.24. The number of thioether (sulfide) groups is 1. The van der Waals surface area contributed by atoms with Crippen molar-refractivity contribution in [2.75, 3.05) is 11.5 Å².